The molecule has 0 saturated carbocycles. The van der Waals surface area contributed by atoms with Crippen molar-refractivity contribution in [1.82, 2.24) is 0 Å². The average Bonchev–Trinajstić information content (AvgIpc) is 2.77. The quantitative estimate of drug-likeness (QED) is 0.829. The highest BCUT2D eigenvalue weighted by Crippen LogP contribution is 2.46. The first-order valence-corrected chi connectivity index (χ1v) is 7.39. The Morgan fingerprint density at radius 2 is 1.74 bits per heavy atom. The lowest BCUT2D eigenvalue weighted by molar-refractivity contribution is -0.133. The molecule has 0 aromatic heterocycles. The number of carbonyl (C=O) groups is 2. The molecule has 0 fully saturated rings. The number of nitrogens with one attached hydrogen (secondary N) is 1. The van der Waals surface area contributed by atoms with Gasteiger partial charge in [0.05, 0.1) is 17.1 Å². The maximum absolute atomic E-state index is 12.9. The smallest absolute Gasteiger partial charge is 0.261 e. The molecule has 23 heavy (non-hydrogen) atoms. The summed E-state index contributed by atoms with van der Waals surface area (Å²) in [6.07, 6.45) is -0.530. The molecule has 0 saturated heterocycles. The van der Waals surface area contributed by atoms with E-state index in [0.717, 1.165) is 12.1 Å². The summed E-state index contributed by atoms with van der Waals surface area (Å²) in [6.45, 7) is 0. The normalized spacial score (nSPS) is 19.4. The van der Waals surface area contributed by atoms with E-state index in [-0.39, 0.29) is 26.9 Å². The van der Waals surface area contributed by atoms with Crippen LogP contribution in [0.15, 0.2) is 36.4 Å². The van der Waals surface area contributed by atoms with Crippen LogP contribution in [0.4, 0.5) is 10.1 Å². The van der Waals surface area contributed by atoms with Crippen LogP contribution in [0, 0.1) is 5.82 Å². The highest BCUT2D eigenvalue weighted by molar-refractivity contribution is 6.38. The fraction of sp³-hybridized carbons (Fsp3) is 0.125. The van der Waals surface area contributed by atoms with Crippen LogP contribution in [0.3, 0.4) is 0 Å². The lowest BCUT2D eigenvalue weighted by Crippen LogP contribution is -2.36. The summed E-state index contributed by atoms with van der Waals surface area (Å²) in [4.78, 5) is 24.5. The van der Waals surface area contributed by atoms with Crippen molar-refractivity contribution in [3.63, 3.8) is 0 Å². The number of hydrogen-bond donors (Lipinski definition) is 2. The molecule has 0 unspecified atom stereocenters. The van der Waals surface area contributed by atoms with Crippen LogP contribution in [0.5, 0.6) is 0 Å². The number of ketones is 1. The summed E-state index contributed by atoms with van der Waals surface area (Å²) in [5.74, 6) is -1.79. The van der Waals surface area contributed by atoms with Crippen molar-refractivity contribution in [2.45, 2.75) is 12.0 Å². The van der Waals surface area contributed by atoms with Crippen LogP contribution in [0.2, 0.25) is 10.0 Å². The average molecular weight is 354 g/mol. The van der Waals surface area contributed by atoms with Crippen molar-refractivity contribution < 1.29 is 19.1 Å². The van der Waals surface area contributed by atoms with Gasteiger partial charge in [-0.2, -0.15) is 0 Å². The zero-order valence-corrected chi connectivity index (χ0v) is 13.1. The minimum absolute atomic E-state index is 0.0760. The molecule has 1 aliphatic rings. The number of rotatable bonds is 3. The maximum Gasteiger partial charge on any atom is 0.261 e. The van der Waals surface area contributed by atoms with Crippen LogP contribution in [0.1, 0.15) is 22.3 Å². The Kier molecular flexibility index (Phi) is 3.88. The van der Waals surface area contributed by atoms with E-state index in [1.807, 2.05) is 0 Å². The van der Waals surface area contributed by atoms with E-state index in [0.29, 0.717) is 0 Å². The first-order chi connectivity index (χ1) is 10.8. The number of hydrogen-bond acceptors (Lipinski definition) is 3. The molecule has 0 radical (unpaired) electrons. The number of Topliss-reactive ketones (excluding diaryl/α,β-unsaturated/α-hetero) is 1. The minimum Gasteiger partial charge on any atom is -0.375 e. The predicted molar refractivity (Wildman–Crippen MR) is 84.3 cm³/mol. The van der Waals surface area contributed by atoms with Gasteiger partial charge in [0.2, 0.25) is 0 Å². The second kappa shape index (κ2) is 5.60. The van der Waals surface area contributed by atoms with E-state index in [2.05, 4.69) is 5.32 Å². The van der Waals surface area contributed by atoms with Crippen molar-refractivity contribution in [3.8, 4) is 0 Å². The van der Waals surface area contributed by atoms with Gasteiger partial charge in [-0.3, -0.25) is 9.59 Å². The van der Waals surface area contributed by atoms with Crippen molar-refractivity contribution in [2.75, 3.05) is 5.32 Å². The first-order valence-electron chi connectivity index (χ1n) is 6.64. The molecule has 2 aromatic carbocycles. The number of fused-ring (bicyclic) bond motifs is 1. The van der Waals surface area contributed by atoms with Gasteiger partial charge in [0.1, 0.15) is 5.82 Å². The fourth-order valence-electron chi connectivity index (χ4n) is 2.55. The van der Waals surface area contributed by atoms with Gasteiger partial charge in [-0.25, -0.2) is 4.39 Å². The first kappa shape index (κ1) is 15.9. The number of anilines is 1. The second-order valence-electron chi connectivity index (χ2n) is 5.20. The van der Waals surface area contributed by atoms with Crippen molar-refractivity contribution in [3.05, 3.63) is 63.4 Å². The highest BCUT2D eigenvalue weighted by atomic mass is 35.5. The van der Waals surface area contributed by atoms with Gasteiger partial charge in [-0.1, -0.05) is 23.2 Å². The standard InChI is InChI=1S/C16H10Cl2FNO3/c17-10-5-6-11(18)14-13(10)16(23,15(22)20-14)7-12(21)8-1-3-9(19)4-2-8/h1-6,23H,7H2,(H,20,22)/t16-/m0/s1. The summed E-state index contributed by atoms with van der Waals surface area (Å²) in [7, 11) is 0. The van der Waals surface area contributed by atoms with Crippen molar-refractivity contribution in [1.29, 1.82) is 0 Å². The number of carbonyl (C=O) groups excluding carboxylic acids is 2. The number of halogens is 3. The second-order valence-corrected chi connectivity index (χ2v) is 6.01. The SMILES string of the molecule is O=C(C[C@@]1(O)C(=O)Nc2c(Cl)ccc(Cl)c21)c1ccc(F)cc1. The Bertz CT molecular complexity index is 823. The summed E-state index contributed by atoms with van der Waals surface area (Å²) in [6, 6.07) is 7.75. The van der Waals surface area contributed by atoms with Gasteiger partial charge < -0.3 is 10.4 Å². The molecule has 2 aromatic rings. The Labute approximate surface area is 140 Å². The third-order valence-electron chi connectivity index (χ3n) is 3.71. The Balaban J connectivity index is 2.00. The summed E-state index contributed by atoms with van der Waals surface area (Å²) in [5, 5.41) is 13.5. The number of aliphatic hydroxyl groups is 1. The number of benzene rings is 2. The maximum atomic E-state index is 12.9. The molecule has 7 heteroatoms. The topological polar surface area (TPSA) is 66.4 Å². The molecule has 118 valence electrons. The summed E-state index contributed by atoms with van der Waals surface area (Å²) >= 11 is 12.1. The van der Waals surface area contributed by atoms with Crippen LogP contribution in [-0.2, 0) is 10.4 Å². The molecule has 2 N–H and O–H groups in total. The third-order valence-corrected chi connectivity index (χ3v) is 4.34. The van der Waals surface area contributed by atoms with E-state index in [4.69, 9.17) is 23.2 Å². The molecule has 4 nitrogen and oxygen atoms in total. The van der Waals surface area contributed by atoms with Gasteiger partial charge in [0, 0.05) is 16.1 Å². The molecule has 0 bridgehead atoms. The Hall–Kier alpha value is -1.95. The zero-order chi connectivity index (χ0) is 16.8. The van der Waals surface area contributed by atoms with Crippen LogP contribution in [-0.4, -0.2) is 16.8 Å². The monoisotopic (exact) mass is 353 g/mol. The molecule has 1 heterocycles. The predicted octanol–water partition coefficient (Wildman–Crippen LogP) is 3.55. The van der Waals surface area contributed by atoms with Gasteiger partial charge in [0.15, 0.2) is 11.4 Å². The Morgan fingerprint density at radius 3 is 2.39 bits per heavy atom. The van der Waals surface area contributed by atoms with Gasteiger partial charge in [0.25, 0.3) is 5.91 Å². The highest BCUT2D eigenvalue weighted by Gasteiger charge is 2.49. The van der Waals surface area contributed by atoms with E-state index in [1.165, 1.54) is 24.3 Å². The lowest BCUT2D eigenvalue weighted by atomic mass is 9.88. The minimum atomic E-state index is -2.12. The summed E-state index contributed by atoms with van der Waals surface area (Å²) < 4.78 is 12.9. The molecule has 0 spiro atoms. The van der Waals surface area contributed by atoms with E-state index < -0.39 is 29.5 Å². The Morgan fingerprint density at radius 1 is 1.13 bits per heavy atom. The van der Waals surface area contributed by atoms with Crippen molar-refractivity contribution in [2.24, 2.45) is 0 Å². The van der Waals surface area contributed by atoms with E-state index in [9.17, 15) is 19.1 Å². The molecular formula is C16H10Cl2FNO3. The van der Waals surface area contributed by atoms with Gasteiger partial charge in [-0.15, -0.1) is 0 Å². The van der Waals surface area contributed by atoms with Gasteiger partial charge >= 0.3 is 0 Å². The van der Waals surface area contributed by atoms with Crippen molar-refractivity contribution >= 4 is 40.6 Å². The molecule has 1 aliphatic heterocycles. The summed E-state index contributed by atoms with van der Waals surface area (Å²) in [5.41, 5.74) is -1.67. The van der Waals surface area contributed by atoms with E-state index in [1.54, 1.807) is 0 Å². The number of amides is 1. The zero-order valence-electron chi connectivity index (χ0n) is 11.6. The third kappa shape index (κ3) is 2.61. The van der Waals surface area contributed by atoms with E-state index >= 15 is 0 Å². The van der Waals surface area contributed by atoms with Gasteiger partial charge in [-0.05, 0) is 36.4 Å². The molecule has 0 aliphatic carbocycles. The lowest BCUT2D eigenvalue weighted by Gasteiger charge is -2.21. The fourth-order valence-corrected chi connectivity index (χ4v) is 3.07. The molecule has 1 atom stereocenters. The molecular weight excluding hydrogens is 344 g/mol. The van der Waals surface area contributed by atoms with Crippen LogP contribution < -0.4 is 5.32 Å². The molecule has 1 amide bonds. The van der Waals surface area contributed by atoms with Crippen LogP contribution in [0.25, 0.3) is 0 Å². The molecule has 3 rings (SSSR count). The largest absolute Gasteiger partial charge is 0.375 e. The van der Waals surface area contributed by atoms with Crippen LogP contribution >= 0.6 is 23.2 Å².